The van der Waals surface area contributed by atoms with Gasteiger partial charge in [-0.2, -0.15) is 0 Å². The third-order valence-corrected chi connectivity index (χ3v) is 4.98. The van der Waals surface area contributed by atoms with Gasteiger partial charge in [0, 0.05) is 13.3 Å². The summed E-state index contributed by atoms with van der Waals surface area (Å²) in [5, 5.41) is 0. The van der Waals surface area contributed by atoms with Gasteiger partial charge in [0.05, 0.1) is 22.0 Å². The number of imidazole rings is 1. The monoisotopic (exact) mass is 295 g/mol. The van der Waals surface area contributed by atoms with Gasteiger partial charge in [-0.1, -0.05) is 20.3 Å². The van der Waals surface area contributed by atoms with Crippen LogP contribution in [0.3, 0.4) is 0 Å². The van der Waals surface area contributed by atoms with E-state index in [1.807, 2.05) is 11.6 Å². The zero-order valence-corrected chi connectivity index (χ0v) is 13.1. The lowest BCUT2D eigenvalue weighted by atomic mass is 9.99. The van der Waals surface area contributed by atoms with E-state index in [1.165, 1.54) is 6.26 Å². The van der Waals surface area contributed by atoms with Crippen LogP contribution in [-0.4, -0.2) is 24.2 Å². The SMILES string of the molecule is CCC(C)C(N)c1nc2cc(S(C)(=O)=O)ccc2n1C. The average Bonchev–Trinajstić information content (AvgIpc) is 2.73. The number of aromatic nitrogens is 2. The molecule has 2 rings (SSSR count). The van der Waals surface area contributed by atoms with Crippen molar-refractivity contribution in [2.45, 2.75) is 31.2 Å². The number of benzene rings is 1. The fraction of sp³-hybridized carbons (Fsp3) is 0.500. The summed E-state index contributed by atoms with van der Waals surface area (Å²) >= 11 is 0. The Bertz CT molecular complexity index is 734. The first-order valence-electron chi connectivity index (χ1n) is 6.67. The number of rotatable bonds is 4. The largest absolute Gasteiger partial charge is 0.330 e. The maximum Gasteiger partial charge on any atom is 0.175 e. The van der Waals surface area contributed by atoms with Gasteiger partial charge in [0.2, 0.25) is 0 Å². The summed E-state index contributed by atoms with van der Waals surface area (Å²) in [6.07, 6.45) is 2.17. The van der Waals surface area contributed by atoms with Gasteiger partial charge in [-0.05, 0) is 24.1 Å². The Kier molecular flexibility index (Phi) is 3.88. The third kappa shape index (κ3) is 2.58. The minimum absolute atomic E-state index is 0.154. The van der Waals surface area contributed by atoms with E-state index in [4.69, 9.17) is 5.73 Å². The molecule has 0 amide bonds. The number of sulfone groups is 1. The van der Waals surface area contributed by atoms with Gasteiger partial charge in [-0.3, -0.25) is 0 Å². The zero-order chi connectivity index (χ0) is 15.1. The molecule has 2 aromatic rings. The van der Waals surface area contributed by atoms with Crippen molar-refractivity contribution >= 4 is 20.9 Å². The highest BCUT2D eigenvalue weighted by Gasteiger charge is 2.20. The molecule has 0 aliphatic heterocycles. The van der Waals surface area contributed by atoms with Gasteiger partial charge >= 0.3 is 0 Å². The Labute approximate surface area is 119 Å². The van der Waals surface area contributed by atoms with Crippen LogP contribution in [0.5, 0.6) is 0 Å². The van der Waals surface area contributed by atoms with E-state index >= 15 is 0 Å². The van der Waals surface area contributed by atoms with E-state index in [-0.39, 0.29) is 10.9 Å². The smallest absolute Gasteiger partial charge is 0.175 e. The van der Waals surface area contributed by atoms with Crippen LogP contribution in [0.2, 0.25) is 0 Å². The van der Waals surface area contributed by atoms with E-state index in [0.717, 1.165) is 17.8 Å². The van der Waals surface area contributed by atoms with Crippen molar-refractivity contribution in [1.29, 1.82) is 0 Å². The summed E-state index contributed by atoms with van der Waals surface area (Å²) in [4.78, 5) is 4.81. The second-order valence-electron chi connectivity index (χ2n) is 5.36. The molecule has 1 heterocycles. The normalized spacial score (nSPS) is 15.4. The lowest BCUT2D eigenvalue weighted by molar-refractivity contribution is 0.432. The van der Waals surface area contributed by atoms with Gasteiger partial charge in [-0.25, -0.2) is 13.4 Å². The summed E-state index contributed by atoms with van der Waals surface area (Å²) in [5.41, 5.74) is 7.80. The molecule has 0 saturated carbocycles. The number of nitrogens with two attached hydrogens (primary N) is 1. The molecule has 0 saturated heterocycles. The summed E-state index contributed by atoms with van der Waals surface area (Å²) in [6.45, 7) is 4.18. The van der Waals surface area contributed by atoms with E-state index in [1.54, 1.807) is 18.2 Å². The van der Waals surface area contributed by atoms with Crippen molar-refractivity contribution in [2.24, 2.45) is 18.7 Å². The molecular formula is C14H21N3O2S. The maximum absolute atomic E-state index is 11.6. The summed E-state index contributed by atoms with van der Waals surface area (Å²) < 4.78 is 25.1. The van der Waals surface area contributed by atoms with Gasteiger partial charge in [0.1, 0.15) is 5.82 Å². The van der Waals surface area contributed by atoms with Crippen LogP contribution in [0, 0.1) is 5.92 Å². The van der Waals surface area contributed by atoms with E-state index in [2.05, 4.69) is 18.8 Å². The van der Waals surface area contributed by atoms with Crippen molar-refractivity contribution in [2.75, 3.05) is 6.26 Å². The van der Waals surface area contributed by atoms with Crippen LogP contribution in [0.25, 0.3) is 11.0 Å². The highest BCUT2D eigenvalue weighted by atomic mass is 32.2. The molecular weight excluding hydrogens is 274 g/mol. The Balaban J connectivity index is 2.58. The molecule has 0 spiro atoms. The molecule has 2 N–H and O–H groups in total. The molecule has 0 fully saturated rings. The highest BCUT2D eigenvalue weighted by molar-refractivity contribution is 7.90. The number of nitrogens with zero attached hydrogens (tertiary/aromatic N) is 2. The molecule has 2 unspecified atom stereocenters. The van der Waals surface area contributed by atoms with E-state index in [9.17, 15) is 8.42 Å². The van der Waals surface area contributed by atoms with Gasteiger partial charge in [-0.15, -0.1) is 0 Å². The van der Waals surface area contributed by atoms with Crippen LogP contribution in [-0.2, 0) is 16.9 Å². The first-order valence-corrected chi connectivity index (χ1v) is 8.56. The van der Waals surface area contributed by atoms with Crippen LogP contribution in [0.1, 0.15) is 32.1 Å². The summed E-state index contributed by atoms with van der Waals surface area (Å²) in [7, 11) is -1.31. The lowest BCUT2D eigenvalue weighted by Crippen LogP contribution is -2.22. The van der Waals surface area contributed by atoms with Crippen molar-refractivity contribution in [1.82, 2.24) is 9.55 Å². The fourth-order valence-corrected chi connectivity index (χ4v) is 2.88. The standard InChI is InChI=1S/C14H21N3O2S/c1-5-9(2)13(15)14-16-11-8-10(20(4,18)19)6-7-12(11)17(14)3/h6-9,13H,5,15H2,1-4H3. The van der Waals surface area contributed by atoms with Gasteiger partial charge in [0.15, 0.2) is 9.84 Å². The van der Waals surface area contributed by atoms with E-state index in [0.29, 0.717) is 11.4 Å². The molecule has 0 aliphatic carbocycles. The summed E-state index contributed by atoms with van der Waals surface area (Å²) in [5.74, 6) is 1.11. The predicted molar refractivity (Wildman–Crippen MR) is 80.2 cm³/mol. The van der Waals surface area contributed by atoms with Crippen LogP contribution < -0.4 is 5.73 Å². The number of hydrogen-bond donors (Lipinski definition) is 1. The Morgan fingerprint density at radius 1 is 1.40 bits per heavy atom. The lowest BCUT2D eigenvalue weighted by Gasteiger charge is -2.17. The van der Waals surface area contributed by atoms with Crippen molar-refractivity contribution in [3.8, 4) is 0 Å². The Morgan fingerprint density at radius 3 is 2.60 bits per heavy atom. The molecule has 1 aromatic heterocycles. The van der Waals surface area contributed by atoms with Crippen molar-refractivity contribution in [3.63, 3.8) is 0 Å². The Morgan fingerprint density at radius 2 is 2.05 bits per heavy atom. The minimum atomic E-state index is -3.22. The Hall–Kier alpha value is -1.40. The molecule has 20 heavy (non-hydrogen) atoms. The van der Waals surface area contributed by atoms with Crippen molar-refractivity contribution < 1.29 is 8.42 Å². The second kappa shape index (κ2) is 5.18. The predicted octanol–water partition coefficient (Wildman–Crippen LogP) is 2.02. The minimum Gasteiger partial charge on any atom is -0.330 e. The zero-order valence-electron chi connectivity index (χ0n) is 12.3. The fourth-order valence-electron chi connectivity index (χ4n) is 2.24. The quantitative estimate of drug-likeness (QED) is 0.936. The molecule has 0 radical (unpaired) electrons. The average molecular weight is 295 g/mol. The second-order valence-corrected chi connectivity index (χ2v) is 7.38. The topological polar surface area (TPSA) is 78.0 Å². The molecule has 6 heteroatoms. The van der Waals surface area contributed by atoms with Crippen LogP contribution in [0.4, 0.5) is 0 Å². The number of aryl methyl sites for hydroxylation is 1. The van der Waals surface area contributed by atoms with Gasteiger partial charge < -0.3 is 10.3 Å². The summed E-state index contributed by atoms with van der Waals surface area (Å²) in [6, 6.07) is 4.85. The number of fused-ring (bicyclic) bond motifs is 1. The van der Waals surface area contributed by atoms with Crippen molar-refractivity contribution in [3.05, 3.63) is 24.0 Å². The highest BCUT2D eigenvalue weighted by Crippen LogP contribution is 2.26. The molecule has 2 atom stereocenters. The molecule has 110 valence electrons. The molecule has 5 nitrogen and oxygen atoms in total. The first kappa shape index (κ1) is 15.0. The van der Waals surface area contributed by atoms with Crippen LogP contribution >= 0.6 is 0 Å². The first-order chi connectivity index (χ1) is 9.25. The van der Waals surface area contributed by atoms with Crippen LogP contribution in [0.15, 0.2) is 23.1 Å². The van der Waals surface area contributed by atoms with E-state index < -0.39 is 9.84 Å². The maximum atomic E-state index is 11.6. The molecule has 0 bridgehead atoms. The third-order valence-electron chi connectivity index (χ3n) is 3.87. The molecule has 0 aliphatic rings. The molecule has 1 aromatic carbocycles. The number of hydrogen-bond acceptors (Lipinski definition) is 4. The van der Waals surface area contributed by atoms with Gasteiger partial charge in [0.25, 0.3) is 0 Å².